The SMILES string of the molecule is CCOc1ncncc1C/C(N)=N/O. The molecular weight excluding hydrogens is 184 g/mol. The van der Waals surface area contributed by atoms with Crippen LogP contribution in [0.2, 0.25) is 0 Å². The zero-order valence-corrected chi connectivity index (χ0v) is 7.84. The lowest BCUT2D eigenvalue weighted by Gasteiger charge is -2.06. The van der Waals surface area contributed by atoms with Gasteiger partial charge in [-0.3, -0.25) is 0 Å². The predicted molar refractivity (Wildman–Crippen MR) is 50.3 cm³/mol. The van der Waals surface area contributed by atoms with E-state index in [4.69, 9.17) is 15.7 Å². The maximum Gasteiger partial charge on any atom is 0.220 e. The molecular formula is C8H12N4O2. The van der Waals surface area contributed by atoms with Crippen molar-refractivity contribution in [1.82, 2.24) is 9.97 Å². The lowest BCUT2D eigenvalue weighted by molar-refractivity contribution is 0.315. The number of hydrogen-bond acceptors (Lipinski definition) is 5. The maximum atomic E-state index is 8.40. The van der Waals surface area contributed by atoms with Crippen LogP contribution in [0.5, 0.6) is 5.88 Å². The normalized spacial score (nSPS) is 11.4. The number of oxime groups is 1. The number of aromatic nitrogens is 2. The summed E-state index contributed by atoms with van der Waals surface area (Å²) in [4.78, 5) is 7.76. The Labute approximate surface area is 81.4 Å². The average molecular weight is 196 g/mol. The van der Waals surface area contributed by atoms with Crippen LogP contribution in [0.1, 0.15) is 12.5 Å². The molecule has 6 heteroatoms. The summed E-state index contributed by atoms with van der Waals surface area (Å²) in [5.74, 6) is 0.565. The van der Waals surface area contributed by atoms with Gasteiger partial charge in [0.2, 0.25) is 5.88 Å². The molecule has 76 valence electrons. The van der Waals surface area contributed by atoms with E-state index >= 15 is 0 Å². The van der Waals surface area contributed by atoms with E-state index in [1.54, 1.807) is 6.20 Å². The molecule has 0 spiro atoms. The minimum Gasteiger partial charge on any atom is -0.478 e. The summed E-state index contributed by atoms with van der Waals surface area (Å²) in [5, 5.41) is 11.3. The van der Waals surface area contributed by atoms with Gasteiger partial charge in [-0.15, -0.1) is 0 Å². The molecule has 1 rings (SSSR count). The second-order valence-electron chi connectivity index (χ2n) is 2.55. The van der Waals surface area contributed by atoms with Gasteiger partial charge in [-0.25, -0.2) is 9.97 Å². The van der Waals surface area contributed by atoms with E-state index in [1.165, 1.54) is 6.33 Å². The third-order valence-electron chi connectivity index (χ3n) is 1.53. The second kappa shape index (κ2) is 5.00. The van der Waals surface area contributed by atoms with Crippen LogP contribution in [0.4, 0.5) is 0 Å². The molecule has 0 atom stereocenters. The predicted octanol–water partition coefficient (Wildman–Crippen LogP) is 0.164. The fourth-order valence-electron chi connectivity index (χ4n) is 0.966. The molecule has 0 amide bonds. The molecule has 6 nitrogen and oxygen atoms in total. The van der Waals surface area contributed by atoms with Crippen LogP contribution in [0.3, 0.4) is 0 Å². The first-order valence-corrected chi connectivity index (χ1v) is 4.16. The quantitative estimate of drug-likeness (QED) is 0.310. The summed E-state index contributed by atoms with van der Waals surface area (Å²) in [5.41, 5.74) is 6.06. The summed E-state index contributed by atoms with van der Waals surface area (Å²) >= 11 is 0. The Morgan fingerprint density at radius 1 is 1.71 bits per heavy atom. The third-order valence-corrected chi connectivity index (χ3v) is 1.53. The van der Waals surface area contributed by atoms with Crippen LogP contribution in [0.25, 0.3) is 0 Å². The summed E-state index contributed by atoms with van der Waals surface area (Å²) < 4.78 is 5.24. The lowest BCUT2D eigenvalue weighted by atomic mass is 10.2. The minimum atomic E-state index is 0.0979. The van der Waals surface area contributed by atoms with Gasteiger partial charge in [0.25, 0.3) is 0 Å². The minimum absolute atomic E-state index is 0.0979. The summed E-state index contributed by atoms with van der Waals surface area (Å²) in [6, 6.07) is 0. The molecule has 0 saturated carbocycles. The molecule has 0 saturated heterocycles. The molecule has 1 aromatic heterocycles. The summed E-state index contributed by atoms with van der Waals surface area (Å²) in [7, 11) is 0. The summed E-state index contributed by atoms with van der Waals surface area (Å²) in [6.45, 7) is 2.37. The van der Waals surface area contributed by atoms with Gasteiger partial charge in [0.05, 0.1) is 6.61 Å². The number of nitrogens with zero attached hydrogens (tertiary/aromatic N) is 3. The first-order chi connectivity index (χ1) is 6.77. The van der Waals surface area contributed by atoms with Gasteiger partial charge in [0, 0.05) is 18.2 Å². The van der Waals surface area contributed by atoms with Gasteiger partial charge in [-0.2, -0.15) is 0 Å². The largest absolute Gasteiger partial charge is 0.478 e. The van der Waals surface area contributed by atoms with Crippen molar-refractivity contribution in [2.24, 2.45) is 10.9 Å². The smallest absolute Gasteiger partial charge is 0.220 e. The van der Waals surface area contributed by atoms with Crippen LogP contribution >= 0.6 is 0 Å². The first kappa shape index (κ1) is 10.2. The van der Waals surface area contributed by atoms with Gasteiger partial charge in [-0.05, 0) is 6.92 Å². The van der Waals surface area contributed by atoms with E-state index in [0.717, 1.165) is 0 Å². The molecule has 14 heavy (non-hydrogen) atoms. The van der Waals surface area contributed by atoms with E-state index in [2.05, 4.69) is 15.1 Å². The number of rotatable bonds is 4. The van der Waals surface area contributed by atoms with Gasteiger partial charge >= 0.3 is 0 Å². The fraction of sp³-hybridized carbons (Fsp3) is 0.375. The van der Waals surface area contributed by atoms with Gasteiger partial charge in [-0.1, -0.05) is 5.16 Å². The Kier molecular flexibility index (Phi) is 3.66. The molecule has 1 aromatic rings. The number of amidine groups is 1. The zero-order chi connectivity index (χ0) is 10.4. The highest BCUT2D eigenvalue weighted by atomic mass is 16.5. The summed E-state index contributed by atoms with van der Waals surface area (Å²) in [6.07, 6.45) is 3.24. The van der Waals surface area contributed by atoms with Crippen LogP contribution in [-0.4, -0.2) is 27.6 Å². The Morgan fingerprint density at radius 3 is 3.14 bits per heavy atom. The monoisotopic (exact) mass is 196 g/mol. The van der Waals surface area contributed by atoms with Gasteiger partial charge < -0.3 is 15.7 Å². The standard InChI is InChI=1S/C8H12N4O2/c1-2-14-8-6(3-7(9)12-13)4-10-5-11-8/h4-5,13H,2-3H2,1H3,(H2,9,12). The molecule has 1 heterocycles. The van der Waals surface area contributed by atoms with Crippen molar-refractivity contribution < 1.29 is 9.94 Å². The fourth-order valence-corrected chi connectivity index (χ4v) is 0.966. The van der Waals surface area contributed by atoms with Gasteiger partial charge in [0.15, 0.2) is 0 Å². The highest BCUT2D eigenvalue weighted by molar-refractivity contribution is 5.82. The topological polar surface area (TPSA) is 93.6 Å². The van der Waals surface area contributed by atoms with E-state index in [-0.39, 0.29) is 12.3 Å². The van der Waals surface area contributed by atoms with E-state index in [0.29, 0.717) is 18.1 Å². The van der Waals surface area contributed by atoms with Crippen molar-refractivity contribution >= 4 is 5.84 Å². The number of ether oxygens (including phenoxy) is 1. The van der Waals surface area contributed by atoms with E-state index in [1.807, 2.05) is 6.92 Å². The first-order valence-electron chi connectivity index (χ1n) is 4.16. The van der Waals surface area contributed by atoms with Crippen LogP contribution in [-0.2, 0) is 6.42 Å². The Balaban J connectivity index is 2.84. The zero-order valence-electron chi connectivity index (χ0n) is 7.84. The van der Waals surface area contributed by atoms with Crippen molar-refractivity contribution in [3.63, 3.8) is 0 Å². The lowest BCUT2D eigenvalue weighted by Crippen LogP contribution is -2.16. The molecule has 0 aliphatic carbocycles. The highest BCUT2D eigenvalue weighted by Crippen LogP contribution is 2.13. The van der Waals surface area contributed by atoms with Crippen molar-refractivity contribution in [2.45, 2.75) is 13.3 Å². The third kappa shape index (κ3) is 2.58. The average Bonchev–Trinajstić information content (AvgIpc) is 2.21. The van der Waals surface area contributed by atoms with Crippen molar-refractivity contribution in [3.05, 3.63) is 18.1 Å². The molecule has 0 radical (unpaired) electrons. The van der Waals surface area contributed by atoms with E-state index < -0.39 is 0 Å². The van der Waals surface area contributed by atoms with Crippen LogP contribution in [0.15, 0.2) is 17.7 Å². The van der Waals surface area contributed by atoms with Crippen LogP contribution < -0.4 is 10.5 Å². The molecule has 0 fully saturated rings. The second-order valence-corrected chi connectivity index (χ2v) is 2.55. The molecule has 3 N–H and O–H groups in total. The molecule has 0 aliphatic rings. The highest BCUT2D eigenvalue weighted by Gasteiger charge is 2.06. The molecule has 0 aromatic carbocycles. The molecule has 0 unspecified atom stereocenters. The molecule has 0 bridgehead atoms. The number of hydrogen-bond donors (Lipinski definition) is 2. The van der Waals surface area contributed by atoms with Crippen molar-refractivity contribution in [2.75, 3.05) is 6.61 Å². The Morgan fingerprint density at radius 2 is 2.50 bits per heavy atom. The van der Waals surface area contributed by atoms with Crippen LogP contribution in [0, 0.1) is 0 Å². The Bertz CT molecular complexity index is 327. The molecule has 0 aliphatic heterocycles. The van der Waals surface area contributed by atoms with Crippen molar-refractivity contribution in [1.29, 1.82) is 0 Å². The Hall–Kier alpha value is -1.85. The number of nitrogens with two attached hydrogens (primary N) is 1. The maximum absolute atomic E-state index is 8.40. The van der Waals surface area contributed by atoms with Gasteiger partial charge in [0.1, 0.15) is 12.2 Å². The van der Waals surface area contributed by atoms with E-state index in [9.17, 15) is 0 Å². The van der Waals surface area contributed by atoms with Crippen molar-refractivity contribution in [3.8, 4) is 5.88 Å².